The summed E-state index contributed by atoms with van der Waals surface area (Å²) in [6, 6.07) is 0.640. The zero-order chi connectivity index (χ0) is 14.0. The lowest BCUT2D eigenvalue weighted by Gasteiger charge is -2.41. The number of hydrogen-bond acceptors (Lipinski definition) is 3. The summed E-state index contributed by atoms with van der Waals surface area (Å²) in [4.78, 5) is 17.3. The molecule has 2 fully saturated rings. The van der Waals surface area contributed by atoms with Gasteiger partial charge in [-0.3, -0.25) is 4.79 Å². The Morgan fingerprint density at radius 1 is 1.32 bits per heavy atom. The Hall–Kier alpha value is -0.610. The molecule has 2 aliphatic rings. The van der Waals surface area contributed by atoms with E-state index in [0.717, 1.165) is 45.4 Å². The van der Waals surface area contributed by atoms with Crippen molar-refractivity contribution in [2.24, 2.45) is 11.3 Å². The zero-order valence-corrected chi connectivity index (χ0v) is 12.9. The molecule has 2 saturated heterocycles. The lowest BCUT2D eigenvalue weighted by Crippen LogP contribution is -2.52. The topological polar surface area (TPSA) is 35.6 Å². The van der Waals surface area contributed by atoms with Crippen molar-refractivity contribution in [2.75, 3.05) is 40.3 Å². The lowest BCUT2D eigenvalue weighted by molar-refractivity contribution is -0.145. The first-order valence-corrected chi connectivity index (χ1v) is 7.64. The van der Waals surface area contributed by atoms with Crippen LogP contribution in [0.1, 0.15) is 33.1 Å². The fraction of sp³-hybridized carbons (Fsp3) is 0.933. The second kappa shape index (κ2) is 5.80. The van der Waals surface area contributed by atoms with Crippen molar-refractivity contribution in [2.45, 2.75) is 39.2 Å². The van der Waals surface area contributed by atoms with Crippen molar-refractivity contribution in [3.05, 3.63) is 0 Å². The van der Waals surface area contributed by atoms with Crippen molar-refractivity contribution in [3.8, 4) is 0 Å². The smallest absolute Gasteiger partial charge is 0.230 e. The summed E-state index contributed by atoms with van der Waals surface area (Å²) in [6.07, 6.45) is 3.22. The van der Waals surface area contributed by atoms with Crippen LogP contribution >= 0.6 is 0 Å². The van der Waals surface area contributed by atoms with Crippen LogP contribution in [0, 0.1) is 11.3 Å². The van der Waals surface area contributed by atoms with E-state index in [4.69, 9.17) is 0 Å². The molecular formula is C15H29N3O. The van der Waals surface area contributed by atoms with Crippen LogP contribution in [0.3, 0.4) is 0 Å². The zero-order valence-electron chi connectivity index (χ0n) is 12.9. The number of carbonyl (C=O) groups is 1. The van der Waals surface area contributed by atoms with E-state index >= 15 is 0 Å². The van der Waals surface area contributed by atoms with Crippen molar-refractivity contribution in [1.82, 2.24) is 15.1 Å². The van der Waals surface area contributed by atoms with Gasteiger partial charge in [-0.2, -0.15) is 0 Å². The average molecular weight is 267 g/mol. The van der Waals surface area contributed by atoms with Crippen LogP contribution in [-0.2, 0) is 4.79 Å². The Labute approximate surface area is 117 Å². The molecule has 0 aliphatic carbocycles. The number of rotatable bonds is 3. The highest BCUT2D eigenvalue weighted by molar-refractivity contribution is 5.83. The molecule has 2 aliphatic heterocycles. The molecule has 0 radical (unpaired) electrons. The maximum atomic E-state index is 12.9. The van der Waals surface area contributed by atoms with Crippen LogP contribution < -0.4 is 5.32 Å². The molecule has 0 saturated carbocycles. The minimum Gasteiger partial charge on any atom is -0.342 e. The van der Waals surface area contributed by atoms with E-state index in [1.165, 1.54) is 0 Å². The van der Waals surface area contributed by atoms with E-state index in [-0.39, 0.29) is 5.41 Å². The Morgan fingerprint density at radius 2 is 1.95 bits per heavy atom. The van der Waals surface area contributed by atoms with E-state index in [9.17, 15) is 4.79 Å². The molecule has 4 nitrogen and oxygen atoms in total. The van der Waals surface area contributed by atoms with Gasteiger partial charge in [-0.05, 0) is 45.8 Å². The second-order valence-electron chi connectivity index (χ2n) is 6.72. The first kappa shape index (κ1) is 14.8. The number of nitrogens with zero attached hydrogens (tertiary/aromatic N) is 2. The maximum absolute atomic E-state index is 12.9. The van der Waals surface area contributed by atoms with E-state index < -0.39 is 0 Å². The predicted octanol–water partition coefficient (Wildman–Crippen LogP) is 1.17. The molecule has 0 bridgehead atoms. The van der Waals surface area contributed by atoms with Gasteiger partial charge in [0.25, 0.3) is 0 Å². The van der Waals surface area contributed by atoms with Crippen LogP contribution in [-0.4, -0.2) is 62.0 Å². The molecule has 0 aromatic carbocycles. The Bertz CT molecular complexity index is 313. The van der Waals surface area contributed by atoms with Gasteiger partial charge in [0.15, 0.2) is 0 Å². The Morgan fingerprint density at radius 3 is 2.37 bits per heavy atom. The third-order valence-electron chi connectivity index (χ3n) is 5.20. The first-order valence-electron chi connectivity index (χ1n) is 7.64. The third kappa shape index (κ3) is 2.79. The van der Waals surface area contributed by atoms with Gasteiger partial charge in [-0.15, -0.1) is 0 Å². The number of carbonyl (C=O) groups excluding carboxylic acids is 1. The minimum atomic E-state index is -0.148. The third-order valence-corrected chi connectivity index (χ3v) is 5.20. The van der Waals surface area contributed by atoms with Crippen molar-refractivity contribution in [3.63, 3.8) is 0 Å². The van der Waals surface area contributed by atoms with Crippen LogP contribution in [0.5, 0.6) is 0 Å². The quantitative estimate of drug-likeness (QED) is 0.834. The number of likely N-dealkylation sites (tertiary alicyclic amines) is 1. The number of amides is 1. The molecule has 4 heteroatoms. The standard InChI is InChI=1S/C15H29N3O/c1-12(2)15(7-8-16-11-15)14(19)18-9-5-13(6-10-18)17(3)4/h12-13,16H,5-11H2,1-4H3. The second-order valence-corrected chi connectivity index (χ2v) is 6.72. The van der Waals surface area contributed by atoms with Gasteiger partial charge >= 0.3 is 0 Å². The van der Waals surface area contributed by atoms with Crippen molar-refractivity contribution in [1.29, 1.82) is 0 Å². The molecule has 0 aromatic rings. The highest BCUT2D eigenvalue weighted by Crippen LogP contribution is 2.37. The summed E-state index contributed by atoms with van der Waals surface area (Å²) < 4.78 is 0. The van der Waals surface area contributed by atoms with Crippen LogP contribution in [0.15, 0.2) is 0 Å². The van der Waals surface area contributed by atoms with Crippen molar-refractivity contribution >= 4 is 5.91 Å². The molecule has 1 unspecified atom stereocenters. The van der Waals surface area contributed by atoms with E-state index in [1.807, 2.05) is 0 Å². The molecule has 0 spiro atoms. The summed E-state index contributed by atoms with van der Waals surface area (Å²) in [5.41, 5.74) is -0.148. The summed E-state index contributed by atoms with van der Waals surface area (Å²) >= 11 is 0. The van der Waals surface area contributed by atoms with E-state index in [2.05, 4.69) is 43.1 Å². The minimum absolute atomic E-state index is 0.148. The first-order chi connectivity index (χ1) is 8.97. The summed E-state index contributed by atoms with van der Waals surface area (Å²) in [5.74, 6) is 0.811. The van der Waals surface area contributed by atoms with Gasteiger partial charge in [0.2, 0.25) is 5.91 Å². The van der Waals surface area contributed by atoms with Crippen molar-refractivity contribution < 1.29 is 4.79 Å². The van der Waals surface area contributed by atoms with Gasteiger partial charge in [0, 0.05) is 25.7 Å². The lowest BCUT2D eigenvalue weighted by atomic mass is 9.75. The molecule has 110 valence electrons. The molecule has 1 atom stereocenters. The highest BCUT2D eigenvalue weighted by atomic mass is 16.2. The average Bonchev–Trinajstić information content (AvgIpc) is 2.88. The van der Waals surface area contributed by atoms with E-state index in [1.54, 1.807) is 0 Å². The van der Waals surface area contributed by atoms with Gasteiger partial charge in [0.05, 0.1) is 5.41 Å². The molecule has 1 N–H and O–H groups in total. The SMILES string of the molecule is CC(C)C1(C(=O)N2CCC(N(C)C)CC2)CCNC1. The largest absolute Gasteiger partial charge is 0.342 e. The van der Waals surface area contributed by atoms with Gasteiger partial charge in [-0.25, -0.2) is 0 Å². The summed E-state index contributed by atoms with van der Waals surface area (Å²) in [7, 11) is 4.28. The Balaban J connectivity index is 2.00. The predicted molar refractivity (Wildman–Crippen MR) is 78.0 cm³/mol. The molecule has 19 heavy (non-hydrogen) atoms. The summed E-state index contributed by atoms with van der Waals surface area (Å²) in [6.45, 7) is 8.08. The number of hydrogen-bond donors (Lipinski definition) is 1. The molecule has 0 aromatic heterocycles. The normalized spacial score (nSPS) is 29.5. The van der Waals surface area contributed by atoms with Gasteiger partial charge in [0.1, 0.15) is 0 Å². The molecule has 2 heterocycles. The fourth-order valence-electron chi connectivity index (χ4n) is 3.53. The van der Waals surface area contributed by atoms with Gasteiger partial charge < -0.3 is 15.1 Å². The highest BCUT2D eigenvalue weighted by Gasteiger charge is 2.46. The maximum Gasteiger partial charge on any atom is 0.230 e. The fourth-order valence-corrected chi connectivity index (χ4v) is 3.53. The van der Waals surface area contributed by atoms with Crippen LogP contribution in [0.25, 0.3) is 0 Å². The molecular weight excluding hydrogens is 238 g/mol. The number of piperidine rings is 1. The van der Waals surface area contributed by atoms with E-state index in [0.29, 0.717) is 17.9 Å². The monoisotopic (exact) mass is 267 g/mol. The van der Waals surface area contributed by atoms with Gasteiger partial charge in [-0.1, -0.05) is 13.8 Å². The summed E-state index contributed by atoms with van der Waals surface area (Å²) in [5, 5.41) is 3.39. The molecule has 2 rings (SSSR count). The Kier molecular flexibility index (Phi) is 4.51. The van der Waals surface area contributed by atoms with Crippen LogP contribution in [0.2, 0.25) is 0 Å². The molecule has 1 amide bonds. The number of nitrogens with one attached hydrogen (secondary N) is 1. The van der Waals surface area contributed by atoms with Crippen LogP contribution in [0.4, 0.5) is 0 Å².